The molecule has 1 aliphatic carbocycles. The van der Waals surface area contributed by atoms with Crippen molar-refractivity contribution in [3.63, 3.8) is 0 Å². The topological polar surface area (TPSA) is 35.5 Å². The molecule has 2 rings (SSSR count). The highest BCUT2D eigenvalue weighted by atomic mass is 16.3. The standard InChI is InChI=1S/C15H30N2O/c1-2-16-14(12-18)9-11-17-10-5-7-13-6-3-4-8-15(13)17/h13-16,18H,2-12H2,1H3/t13-,14?,15-/m1/s1. The van der Waals surface area contributed by atoms with Gasteiger partial charge in [0.05, 0.1) is 6.61 Å². The fourth-order valence-corrected chi connectivity index (χ4v) is 3.87. The predicted molar refractivity (Wildman–Crippen MR) is 75.7 cm³/mol. The monoisotopic (exact) mass is 254 g/mol. The van der Waals surface area contributed by atoms with Crippen LogP contribution in [0.4, 0.5) is 0 Å². The Labute approximate surface area is 112 Å². The molecule has 2 N–H and O–H groups in total. The molecular weight excluding hydrogens is 224 g/mol. The van der Waals surface area contributed by atoms with Crippen molar-refractivity contribution in [3.8, 4) is 0 Å². The Morgan fingerprint density at radius 2 is 2.00 bits per heavy atom. The summed E-state index contributed by atoms with van der Waals surface area (Å²) in [6, 6.07) is 1.15. The van der Waals surface area contributed by atoms with Gasteiger partial charge in [-0.25, -0.2) is 0 Å². The van der Waals surface area contributed by atoms with E-state index in [0.29, 0.717) is 6.04 Å². The molecule has 1 aliphatic heterocycles. The molecule has 106 valence electrons. The molecule has 0 amide bonds. The van der Waals surface area contributed by atoms with E-state index in [1.54, 1.807) is 0 Å². The molecule has 2 aliphatic rings. The zero-order chi connectivity index (χ0) is 12.8. The number of nitrogens with zero attached hydrogens (tertiary/aromatic N) is 1. The van der Waals surface area contributed by atoms with Gasteiger partial charge in [-0.2, -0.15) is 0 Å². The van der Waals surface area contributed by atoms with E-state index in [1.807, 2.05) is 0 Å². The first-order chi connectivity index (χ1) is 8.85. The van der Waals surface area contributed by atoms with Gasteiger partial charge in [-0.05, 0) is 51.1 Å². The van der Waals surface area contributed by atoms with Crippen molar-refractivity contribution in [3.05, 3.63) is 0 Å². The van der Waals surface area contributed by atoms with Gasteiger partial charge in [0.1, 0.15) is 0 Å². The maximum absolute atomic E-state index is 9.34. The molecule has 2 fully saturated rings. The van der Waals surface area contributed by atoms with Crippen LogP contribution in [0.1, 0.15) is 51.9 Å². The average Bonchev–Trinajstić information content (AvgIpc) is 2.43. The molecule has 0 aromatic heterocycles. The first kappa shape index (κ1) is 14.3. The number of hydrogen-bond acceptors (Lipinski definition) is 3. The van der Waals surface area contributed by atoms with Crippen LogP contribution < -0.4 is 5.32 Å². The molecule has 1 saturated heterocycles. The van der Waals surface area contributed by atoms with Crippen LogP contribution >= 0.6 is 0 Å². The Morgan fingerprint density at radius 1 is 1.22 bits per heavy atom. The van der Waals surface area contributed by atoms with E-state index in [2.05, 4.69) is 17.1 Å². The molecule has 1 unspecified atom stereocenters. The number of aliphatic hydroxyl groups is 1. The Bertz CT molecular complexity index is 233. The van der Waals surface area contributed by atoms with E-state index in [4.69, 9.17) is 0 Å². The number of likely N-dealkylation sites (tertiary alicyclic amines) is 1. The van der Waals surface area contributed by atoms with Crippen LogP contribution in [0.2, 0.25) is 0 Å². The molecule has 3 nitrogen and oxygen atoms in total. The SMILES string of the molecule is CCNC(CO)CCN1CCC[C@H]2CCCC[C@H]21. The summed E-state index contributed by atoms with van der Waals surface area (Å²) in [6.07, 6.45) is 9.67. The second-order valence-electron chi connectivity index (χ2n) is 6.02. The molecule has 0 aromatic rings. The smallest absolute Gasteiger partial charge is 0.0585 e. The van der Waals surface area contributed by atoms with Gasteiger partial charge in [0, 0.05) is 18.6 Å². The predicted octanol–water partition coefficient (Wildman–Crippen LogP) is 2.00. The maximum atomic E-state index is 9.34. The summed E-state index contributed by atoms with van der Waals surface area (Å²) in [4.78, 5) is 2.72. The number of fused-ring (bicyclic) bond motifs is 1. The Balaban J connectivity index is 1.79. The number of aliphatic hydroxyl groups excluding tert-OH is 1. The lowest BCUT2D eigenvalue weighted by Gasteiger charge is -2.44. The molecule has 0 bridgehead atoms. The lowest BCUT2D eigenvalue weighted by Crippen LogP contribution is -2.48. The maximum Gasteiger partial charge on any atom is 0.0585 e. The van der Waals surface area contributed by atoms with Gasteiger partial charge in [-0.15, -0.1) is 0 Å². The summed E-state index contributed by atoms with van der Waals surface area (Å²) in [5.74, 6) is 0.971. The Hall–Kier alpha value is -0.120. The summed E-state index contributed by atoms with van der Waals surface area (Å²) in [6.45, 7) is 5.79. The van der Waals surface area contributed by atoms with Gasteiger partial charge >= 0.3 is 0 Å². The summed E-state index contributed by atoms with van der Waals surface area (Å²) >= 11 is 0. The molecule has 18 heavy (non-hydrogen) atoms. The van der Waals surface area contributed by atoms with Crippen molar-refractivity contribution in [2.24, 2.45) is 5.92 Å². The summed E-state index contributed by atoms with van der Waals surface area (Å²) in [5.41, 5.74) is 0. The lowest BCUT2D eigenvalue weighted by atomic mass is 9.78. The van der Waals surface area contributed by atoms with Gasteiger partial charge in [-0.3, -0.25) is 0 Å². The third-order valence-electron chi connectivity index (χ3n) is 4.84. The first-order valence-electron chi connectivity index (χ1n) is 7.93. The highest BCUT2D eigenvalue weighted by Crippen LogP contribution is 2.35. The van der Waals surface area contributed by atoms with Gasteiger partial charge in [0.25, 0.3) is 0 Å². The van der Waals surface area contributed by atoms with Gasteiger partial charge in [0.2, 0.25) is 0 Å². The number of piperidine rings is 1. The van der Waals surface area contributed by atoms with Crippen molar-refractivity contribution >= 4 is 0 Å². The average molecular weight is 254 g/mol. The number of hydrogen-bond donors (Lipinski definition) is 2. The Kier molecular flexibility index (Phi) is 5.93. The number of likely N-dealkylation sites (N-methyl/N-ethyl adjacent to an activating group) is 1. The summed E-state index contributed by atoms with van der Waals surface area (Å²) < 4.78 is 0. The van der Waals surface area contributed by atoms with Crippen molar-refractivity contribution in [1.82, 2.24) is 10.2 Å². The third kappa shape index (κ3) is 3.69. The molecule has 3 heteroatoms. The van der Waals surface area contributed by atoms with Crippen LogP contribution in [0.3, 0.4) is 0 Å². The molecule has 1 saturated carbocycles. The van der Waals surface area contributed by atoms with E-state index in [0.717, 1.165) is 24.9 Å². The van der Waals surface area contributed by atoms with E-state index in [1.165, 1.54) is 51.6 Å². The van der Waals surface area contributed by atoms with E-state index < -0.39 is 0 Å². The Morgan fingerprint density at radius 3 is 2.78 bits per heavy atom. The van der Waals surface area contributed by atoms with E-state index in [9.17, 15) is 5.11 Å². The molecule has 0 spiro atoms. The minimum atomic E-state index is 0.274. The molecular formula is C15H30N2O. The number of nitrogens with one attached hydrogen (secondary N) is 1. The normalized spacial score (nSPS) is 31.0. The van der Waals surface area contributed by atoms with Crippen molar-refractivity contribution in [2.45, 2.75) is 64.0 Å². The van der Waals surface area contributed by atoms with Crippen LogP contribution in [0.15, 0.2) is 0 Å². The second-order valence-corrected chi connectivity index (χ2v) is 6.02. The van der Waals surface area contributed by atoms with Crippen molar-refractivity contribution in [1.29, 1.82) is 0 Å². The first-order valence-corrected chi connectivity index (χ1v) is 7.93. The summed E-state index contributed by atoms with van der Waals surface area (Å²) in [7, 11) is 0. The highest BCUT2D eigenvalue weighted by Gasteiger charge is 2.32. The molecule has 1 heterocycles. The molecule has 0 radical (unpaired) electrons. The van der Waals surface area contributed by atoms with Crippen molar-refractivity contribution < 1.29 is 5.11 Å². The molecule has 3 atom stereocenters. The minimum Gasteiger partial charge on any atom is -0.395 e. The highest BCUT2D eigenvalue weighted by molar-refractivity contribution is 4.87. The van der Waals surface area contributed by atoms with Crippen LogP contribution in [0.25, 0.3) is 0 Å². The number of rotatable bonds is 6. The van der Waals surface area contributed by atoms with E-state index >= 15 is 0 Å². The summed E-state index contributed by atoms with van der Waals surface area (Å²) in [5, 5.41) is 12.7. The molecule has 0 aromatic carbocycles. The quantitative estimate of drug-likeness (QED) is 0.761. The zero-order valence-electron chi connectivity index (χ0n) is 11.9. The fraction of sp³-hybridized carbons (Fsp3) is 1.00. The van der Waals surface area contributed by atoms with Crippen LogP contribution in [0.5, 0.6) is 0 Å². The van der Waals surface area contributed by atoms with Crippen LogP contribution in [-0.2, 0) is 0 Å². The van der Waals surface area contributed by atoms with Gasteiger partial charge < -0.3 is 15.3 Å². The van der Waals surface area contributed by atoms with Crippen molar-refractivity contribution in [2.75, 3.05) is 26.2 Å². The van der Waals surface area contributed by atoms with E-state index in [-0.39, 0.29) is 6.61 Å². The largest absolute Gasteiger partial charge is 0.395 e. The minimum absolute atomic E-state index is 0.274. The van der Waals surface area contributed by atoms with Gasteiger partial charge in [0.15, 0.2) is 0 Å². The van der Waals surface area contributed by atoms with Gasteiger partial charge in [-0.1, -0.05) is 19.8 Å². The zero-order valence-corrected chi connectivity index (χ0v) is 11.9. The lowest BCUT2D eigenvalue weighted by molar-refractivity contribution is 0.0556. The second kappa shape index (κ2) is 7.46. The third-order valence-corrected chi connectivity index (χ3v) is 4.84. The van der Waals surface area contributed by atoms with Crippen LogP contribution in [0, 0.1) is 5.92 Å². The fourth-order valence-electron chi connectivity index (χ4n) is 3.87. The van der Waals surface area contributed by atoms with Crippen LogP contribution in [-0.4, -0.2) is 48.3 Å².